The Labute approximate surface area is 93.6 Å². The fourth-order valence-corrected chi connectivity index (χ4v) is 1.66. The third-order valence-electron chi connectivity index (χ3n) is 2.27. The highest BCUT2D eigenvalue weighted by Gasteiger charge is 2.47. The minimum atomic E-state index is -1.35. The minimum Gasteiger partial charge on any atom is -0.277 e. The fourth-order valence-electron chi connectivity index (χ4n) is 1.66. The Hall–Kier alpha value is -1.91. The monoisotopic (exact) mass is 222 g/mol. The number of barbiturate groups is 1. The van der Waals surface area contributed by atoms with Gasteiger partial charge in [-0.15, -0.1) is 6.58 Å². The van der Waals surface area contributed by atoms with E-state index in [4.69, 9.17) is 0 Å². The molecule has 1 fully saturated rings. The summed E-state index contributed by atoms with van der Waals surface area (Å²) in [6.45, 7) is 7.08. The number of hydrogen-bond donors (Lipinski definition) is 2. The molecule has 0 spiro atoms. The summed E-state index contributed by atoms with van der Waals surface area (Å²) in [5.74, 6) is -1.22. The van der Waals surface area contributed by atoms with Crippen LogP contribution in [0.5, 0.6) is 0 Å². The van der Waals surface area contributed by atoms with Crippen molar-refractivity contribution in [2.45, 2.75) is 20.3 Å². The number of nitrogens with one attached hydrogen (secondary N) is 2. The van der Waals surface area contributed by atoms with Gasteiger partial charge in [0.1, 0.15) is 5.41 Å². The predicted molar refractivity (Wildman–Crippen MR) is 58.4 cm³/mol. The van der Waals surface area contributed by atoms with Gasteiger partial charge in [0, 0.05) is 0 Å². The van der Waals surface area contributed by atoms with Crippen molar-refractivity contribution in [3.8, 4) is 0 Å². The van der Waals surface area contributed by atoms with Gasteiger partial charge < -0.3 is 0 Å². The summed E-state index contributed by atoms with van der Waals surface area (Å²) in [4.78, 5) is 34.5. The normalized spacial score (nSPS) is 18.5. The van der Waals surface area contributed by atoms with Crippen molar-refractivity contribution in [3.63, 3.8) is 0 Å². The lowest BCUT2D eigenvalue weighted by molar-refractivity contribution is -0.140. The number of allylic oxidation sites excluding steroid dienone is 2. The zero-order valence-corrected chi connectivity index (χ0v) is 9.29. The number of carbonyl (C=O) groups is 3. The molecular formula is C11H14N2O3. The Balaban J connectivity index is 3.22. The van der Waals surface area contributed by atoms with Gasteiger partial charge in [-0.1, -0.05) is 17.7 Å². The molecule has 1 aliphatic rings. The van der Waals surface area contributed by atoms with E-state index in [1.54, 1.807) is 19.9 Å². The van der Waals surface area contributed by atoms with Crippen molar-refractivity contribution in [3.05, 3.63) is 24.3 Å². The van der Waals surface area contributed by atoms with Crippen LogP contribution in [-0.2, 0) is 9.59 Å². The lowest BCUT2D eigenvalue weighted by atomic mass is 9.79. The maximum absolute atomic E-state index is 11.8. The third kappa shape index (κ3) is 2.03. The van der Waals surface area contributed by atoms with Crippen LogP contribution in [0.1, 0.15) is 20.3 Å². The third-order valence-corrected chi connectivity index (χ3v) is 2.27. The zero-order valence-electron chi connectivity index (χ0n) is 9.29. The first-order valence-electron chi connectivity index (χ1n) is 4.86. The number of amides is 4. The van der Waals surface area contributed by atoms with Crippen LogP contribution in [0.3, 0.4) is 0 Å². The van der Waals surface area contributed by atoms with Crippen molar-refractivity contribution in [1.82, 2.24) is 10.6 Å². The number of urea groups is 1. The average molecular weight is 222 g/mol. The molecule has 0 aromatic carbocycles. The molecule has 1 heterocycles. The lowest BCUT2D eigenvalue weighted by Gasteiger charge is -2.30. The molecule has 16 heavy (non-hydrogen) atoms. The van der Waals surface area contributed by atoms with Gasteiger partial charge in [-0.2, -0.15) is 0 Å². The summed E-state index contributed by atoms with van der Waals surface area (Å²) in [5.41, 5.74) is -0.532. The van der Waals surface area contributed by atoms with E-state index in [-0.39, 0.29) is 6.42 Å². The molecular weight excluding hydrogens is 208 g/mol. The van der Waals surface area contributed by atoms with E-state index in [2.05, 4.69) is 17.2 Å². The first-order chi connectivity index (χ1) is 7.42. The predicted octanol–water partition coefficient (Wildman–Crippen LogP) is 0.881. The van der Waals surface area contributed by atoms with E-state index < -0.39 is 23.3 Å². The van der Waals surface area contributed by atoms with Crippen LogP contribution in [0.4, 0.5) is 4.79 Å². The van der Waals surface area contributed by atoms with Crippen LogP contribution >= 0.6 is 0 Å². The molecule has 2 N–H and O–H groups in total. The molecule has 0 aromatic heterocycles. The van der Waals surface area contributed by atoms with E-state index in [0.717, 1.165) is 5.57 Å². The van der Waals surface area contributed by atoms with Gasteiger partial charge in [0.25, 0.3) is 0 Å². The Morgan fingerprint density at radius 3 is 2.12 bits per heavy atom. The Morgan fingerprint density at radius 1 is 1.25 bits per heavy atom. The zero-order chi connectivity index (χ0) is 12.3. The summed E-state index contributed by atoms with van der Waals surface area (Å²) in [6, 6.07) is -0.781. The summed E-state index contributed by atoms with van der Waals surface area (Å²) in [5, 5.41) is 4.18. The molecule has 86 valence electrons. The SMILES string of the molecule is C=CCC1(C=C(C)C)C(=O)NC(=O)NC1=O. The van der Waals surface area contributed by atoms with E-state index in [1.165, 1.54) is 6.08 Å². The van der Waals surface area contributed by atoms with Gasteiger partial charge in [-0.3, -0.25) is 20.2 Å². The lowest BCUT2D eigenvalue weighted by Crippen LogP contribution is -2.61. The second-order valence-electron chi connectivity index (χ2n) is 3.92. The van der Waals surface area contributed by atoms with Gasteiger partial charge >= 0.3 is 6.03 Å². The van der Waals surface area contributed by atoms with Crippen molar-refractivity contribution < 1.29 is 14.4 Å². The highest BCUT2D eigenvalue weighted by atomic mass is 16.2. The number of carbonyl (C=O) groups excluding carboxylic acids is 3. The van der Waals surface area contributed by atoms with Crippen LogP contribution in [0, 0.1) is 5.41 Å². The molecule has 0 radical (unpaired) electrons. The van der Waals surface area contributed by atoms with Crippen molar-refractivity contribution >= 4 is 17.8 Å². The van der Waals surface area contributed by atoms with Crippen molar-refractivity contribution in [1.29, 1.82) is 0 Å². The Morgan fingerprint density at radius 2 is 1.75 bits per heavy atom. The van der Waals surface area contributed by atoms with Crippen LogP contribution < -0.4 is 10.6 Å². The summed E-state index contributed by atoms with van der Waals surface area (Å²) in [6.07, 6.45) is 3.18. The molecule has 0 unspecified atom stereocenters. The Bertz CT molecular complexity index is 372. The quantitative estimate of drug-likeness (QED) is 0.550. The van der Waals surface area contributed by atoms with Crippen LogP contribution in [0.15, 0.2) is 24.3 Å². The molecule has 1 aliphatic heterocycles. The molecule has 5 nitrogen and oxygen atoms in total. The summed E-state index contributed by atoms with van der Waals surface area (Å²) < 4.78 is 0. The number of rotatable bonds is 3. The minimum absolute atomic E-state index is 0.156. The number of imide groups is 2. The largest absolute Gasteiger partial charge is 0.328 e. The highest BCUT2D eigenvalue weighted by Crippen LogP contribution is 2.29. The smallest absolute Gasteiger partial charge is 0.277 e. The molecule has 0 aromatic rings. The highest BCUT2D eigenvalue weighted by molar-refractivity contribution is 6.20. The van der Waals surface area contributed by atoms with E-state index in [1.807, 2.05) is 0 Å². The van der Waals surface area contributed by atoms with Crippen LogP contribution in [-0.4, -0.2) is 17.8 Å². The fraction of sp³-hybridized carbons (Fsp3) is 0.364. The van der Waals surface area contributed by atoms with Crippen molar-refractivity contribution in [2.24, 2.45) is 5.41 Å². The second kappa shape index (κ2) is 4.30. The molecule has 1 saturated heterocycles. The van der Waals surface area contributed by atoms with Crippen molar-refractivity contribution in [2.75, 3.05) is 0 Å². The van der Waals surface area contributed by atoms with E-state index in [0.29, 0.717) is 0 Å². The standard InChI is InChI=1S/C11H14N2O3/c1-4-5-11(6-7(2)3)8(14)12-10(16)13-9(11)15/h4,6H,1,5H2,2-3H3,(H2,12,13,14,15,16). The molecule has 0 atom stereocenters. The first-order valence-corrected chi connectivity index (χ1v) is 4.86. The summed E-state index contributed by atoms with van der Waals surface area (Å²) in [7, 11) is 0. The first kappa shape index (κ1) is 12.2. The second-order valence-corrected chi connectivity index (χ2v) is 3.92. The molecule has 1 rings (SSSR count). The van der Waals surface area contributed by atoms with Gasteiger partial charge in [0.15, 0.2) is 0 Å². The van der Waals surface area contributed by atoms with Gasteiger partial charge in [0.2, 0.25) is 11.8 Å². The maximum atomic E-state index is 11.8. The molecule has 5 heteroatoms. The van der Waals surface area contributed by atoms with Crippen LogP contribution in [0.2, 0.25) is 0 Å². The van der Waals surface area contributed by atoms with Gasteiger partial charge in [0.05, 0.1) is 0 Å². The molecule has 0 saturated carbocycles. The molecule has 0 aliphatic carbocycles. The maximum Gasteiger partial charge on any atom is 0.328 e. The van der Waals surface area contributed by atoms with E-state index >= 15 is 0 Å². The van der Waals surface area contributed by atoms with E-state index in [9.17, 15) is 14.4 Å². The van der Waals surface area contributed by atoms with Crippen LogP contribution in [0.25, 0.3) is 0 Å². The summed E-state index contributed by atoms with van der Waals surface area (Å²) >= 11 is 0. The Kier molecular flexibility index (Phi) is 3.27. The number of hydrogen-bond acceptors (Lipinski definition) is 3. The van der Waals surface area contributed by atoms with Gasteiger partial charge in [-0.25, -0.2) is 4.79 Å². The van der Waals surface area contributed by atoms with Gasteiger partial charge in [-0.05, 0) is 20.3 Å². The molecule has 0 bridgehead atoms. The topological polar surface area (TPSA) is 75.3 Å². The average Bonchev–Trinajstić information content (AvgIpc) is 2.13. The molecule has 4 amide bonds.